The van der Waals surface area contributed by atoms with Gasteiger partial charge in [0.2, 0.25) is 0 Å². The van der Waals surface area contributed by atoms with Crippen LogP contribution in [0.3, 0.4) is 0 Å². The maximum absolute atomic E-state index is 12.6. The lowest BCUT2D eigenvalue weighted by molar-refractivity contribution is -0.140. The molecule has 3 rings (SSSR count). The van der Waals surface area contributed by atoms with Crippen molar-refractivity contribution >= 4 is 34.5 Å². The zero-order chi connectivity index (χ0) is 15.1. The number of fused-ring (bicyclic) bond motifs is 1. The van der Waals surface area contributed by atoms with Gasteiger partial charge in [-0.1, -0.05) is 0 Å². The average Bonchev–Trinajstić information content (AvgIpc) is 3.04. The number of carbonyl (C=O) groups excluding carboxylic acids is 1. The summed E-state index contributed by atoms with van der Waals surface area (Å²) in [6.07, 6.45) is 0. The van der Waals surface area contributed by atoms with E-state index < -0.39 is 12.0 Å². The maximum atomic E-state index is 12.6. The van der Waals surface area contributed by atoms with Gasteiger partial charge in [0.15, 0.2) is 0 Å². The van der Waals surface area contributed by atoms with E-state index in [1.165, 1.54) is 16.7 Å². The second-order valence-electron chi connectivity index (χ2n) is 5.26. The maximum Gasteiger partial charge on any atom is 0.327 e. The summed E-state index contributed by atoms with van der Waals surface area (Å²) in [7, 11) is 0. The number of thioether (sulfide) groups is 1. The van der Waals surface area contributed by atoms with Crippen molar-refractivity contribution < 1.29 is 14.7 Å². The Morgan fingerprint density at radius 2 is 2.14 bits per heavy atom. The molecule has 2 heterocycles. The lowest BCUT2D eigenvalue weighted by Crippen LogP contribution is -2.41. The first-order valence-electron chi connectivity index (χ1n) is 6.69. The van der Waals surface area contributed by atoms with Gasteiger partial charge in [-0.05, 0) is 37.6 Å². The number of carbonyl (C=O) groups is 2. The van der Waals surface area contributed by atoms with E-state index in [2.05, 4.69) is 4.98 Å². The number of aryl methyl sites for hydroxylation is 2. The van der Waals surface area contributed by atoms with Crippen molar-refractivity contribution in [1.82, 2.24) is 9.88 Å². The summed E-state index contributed by atoms with van der Waals surface area (Å²) in [6.45, 7) is 4.00. The molecule has 1 aromatic heterocycles. The first-order chi connectivity index (χ1) is 9.99. The Morgan fingerprint density at radius 1 is 1.38 bits per heavy atom. The number of rotatable bonds is 2. The van der Waals surface area contributed by atoms with Crippen LogP contribution in [0.4, 0.5) is 0 Å². The predicted octanol–water partition coefficient (Wildman–Crippen LogP) is 2.38. The number of hydrogen-bond donors (Lipinski definition) is 2. The monoisotopic (exact) mass is 304 g/mol. The van der Waals surface area contributed by atoms with Gasteiger partial charge in [-0.3, -0.25) is 4.79 Å². The molecule has 0 aliphatic carbocycles. The number of nitrogens with one attached hydrogen (secondary N) is 1. The molecule has 2 aromatic rings. The number of aliphatic carboxylic acids is 1. The van der Waals surface area contributed by atoms with Crippen molar-refractivity contribution in [2.45, 2.75) is 19.9 Å². The summed E-state index contributed by atoms with van der Waals surface area (Å²) in [4.78, 5) is 28.5. The smallest absolute Gasteiger partial charge is 0.327 e. The molecule has 1 unspecified atom stereocenters. The molecule has 21 heavy (non-hydrogen) atoms. The molecule has 1 saturated heterocycles. The fourth-order valence-electron chi connectivity index (χ4n) is 2.61. The third kappa shape index (κ3) is 2.29. The molecule has 1 aromatic carbocycles. The van der Waals surface area contributed by atoms with E-state index in [4.69, 9.17) is 0 Å². The minimum Gasteiger partial charge on any atom is -0.480 e. The first-order valence-corrected chi connectivity index (χ1v) is 7.85. The largest absolute Gasteiger partial charge is 0.480 e. The quantitative estimate of drug-likeness (QED) is 0.893. The number of hydrogen-bond acceptors (Lipinski definition) is 3. The number of carboxylic acid groups (broad SMARTS) is 1. The van der Waals surface area contributed by atoms with Crippen molar-refractivity contribution in [1.29, 1.82) is 0 Å². The van der Waals surface area contributed by atoms with E-state index in [1.807, 2.05) is 26.0 Å². The molecule has 0 radical (unpaired) electrons. The third-order valence-electron chi connectivity index (χ3n) is 3.98. The molecule has 5 nitrogen and oxygen atoms in total. The van der Waals surface area contributed by atoms with Gasteiger partial charge in [0.1, 0.15) is 6.04 Å². The van der Waals surface area contributed by atoms with Crippen LogP contribution >= 0.6 is 11.8 Å². The highest BCUT2D eigenvalue weighted by molar-refractivity contribution is 7.99. The van der Waals surface area contributed by atoms with Gasteiger partial charge in [-0.15, -0.1) is 11.8 Å². The highest BCUT2D eigenvalue weighted by atomic mass is 32.2. The number of carboxylic acids is 1. The fourth-order valence-corrected chi connectivity index (χ4v) is 3.75. The van der Waals surface area contributed by atoms with E-state index in [9.17, 15) is 14.7 Å². The van der Waals surface area contributed by atoms with Gasteiger partial charge in [0, 0.05) is 27.9 Å². The van der Waals surface area contributed by atoms with Crippen molar-refractivity contribution in [3.8, 4) is 0 Å². The number of H-pyrrole nitrogens is 1. The Balaban J connectivity index is 1.98. The lowest BCUT2D eigenvalue weighted by Gasteiger charge is -2.20. The molecule has 0 bridgehead atoms. The van der Waals surface area contributed by atoms with Crippen molar-refractivity contribution in [2.75, 3.05) is 11.6 Å². The number of aromatic amines is 1. The molecule has 0 spiro atoms. The molecule has 0 saturated carbocycles. The third-order valence-corrected chi connectivity index (χ3v) is 5.00. The van der Waals surface area contributed by atoms with Crippen LogP contribution in [0.25, 0.3) is 10.9 Å². The molecule has 1 atom stereocenters. The van der Waals surface area contributed by atoms with Crippen molar-refractivity contribution in [3.63, 3.8) is 0 Å². The molecule has 1 fully saturated rings. The standard InChI is InChI=1S/C15H16N2O3S/c1-8-9(2)16-12-4-3-10(5-11(8)12)14(18)17-7-21-6-13(17)15(19)20/h3-5,13,16H,6-7H2,1-2H3,(H,19,20). The number of aromatic nitrogens is 1. The van der Waals surface area contributed by atoms with Crippen molar-refractivity contribution in [2.24, 2.45) is 0 Å². The first kappa shape index (κ1) is 14.0. The SMILES string of the molecule is Cc1[nH]c2ccc(C(=O)N3CSCC3C(=O)O)cc2c1C. The molecular weight excluding hydrogens is 288 g/mol. The molecule has 110 valence electrons. The summed E-state index contributed by atoms with van der Waals surface area (Å²) in [5.74, 6) is -0.277. The summed E-state index contributed by atoms with van der Waals surface area (Å²) >= 11 is 1.47. The van der Waals surface area contributed by atoms with Crippen LogP contribution in [0, 0.1) is 13.8 Å². The number of amides is 1. The Morgan fingerprint density at radius 3 is 2.86 bits per heavy atom. The lowest BCUT2D eigenvalue weighted by atomic mass is 10.1. The van der Waals surface area contributed by atoms with Crippen molar-refractivity contribution in [3.05, 3.63) is 35.0 Å². The Kier molecular flexibility index (Phi) is 3.41. The van der Waals surface area contributed by atoms with Gasteiger partial charge < -0.3 is 15.0 Å². The minimum absolute atomic E-state index is 0.215. The predicted molar refractivity (Wildman–Crippen MR) is 82.7 cm³/mol. The molecule has 1 amide bonds. The Labute approximate surface area is 126 Å². The second kappa shape index (κ2) is 5.11. The van der Waals surface area contributed by atoms with E-state index in [0.29, 0.717) is 17.2 Å². The van der Waals surface area contributed by atoms with Crippen LogP contribution < -0.4 is 0 Å². The number of nitrogens with zero attached hydrogens (tertiary/aromatic N) is 1. The highest BCUT2D eigenvalue weighted by Gasteiger charge is 2.35. The topological polar surface area (TPSA) is 73.4 Å². The molecule has 1 aliphatic heterocycles. The van der Waals surface area contributed by atoms with Gasteiger partial charge >= 0.3 is 5.97 Å². The summed E-state index contributed by atoms with van der Waals surface area (Å²) in [5.41, 5.74) is 3.73. The van der Waals surface area contributed by atoms with Crippen LogP contribution in [0.15, 0.2) is 18.2 Å². The zero-order valence-corrected chi connectivity index (χ0v) is 12.7. The van der Waals surface area contributed by atoms with Gasteiger partial charge in [0.25, 0.3) is 5.91 Å². The Bertz CT molecular complexity index is 738. The van der Waals surface area contributed by atoms with Gasteiger partial charge in [-0.2, -0.15) is 0 Å². The second-order valence-corrected chi connectivity index (χ2v) is 6.26. The van der Waals surface area contributed by atoms with Crippen LogP contribution in [0.2, 0.25) is 0 Å². The van der Waals surface area contributed by atoms with E-state index >= 15 is 0 Å². The van der Waals surface area contributed by atoms with Gasteiger partial charge in [0.05, 0.1) is 5.88 Å². The molecular formula is C15H16N2O3S. The molecule has 6 heteroatoms. The van der Waals surface area contributed by atoms with Crippen LogP contribution in [0.1, 0.15) is 21.6 Å². The van der Waals surface area contributed by atoms with Crippen LogP contribution in [-0.2, 0) is 4.79 Å². The highest BCUT2D eigenvalue weighted by Crippen LogP contribution is 2.26. The zero-order valence-electron chi connectivity index (χ0n) is 11.8. The summed E-state index contributed by atoms with van der Waals surface area (Å²) in [6, 6.07) is 4.74. The molecule has 2 N–H and O–H groups in total. The van der Waals surface area contributed by atoms with Crippen LogP contribution in [-0.4, -0.2) is 44.5 Å². The van der Waals surface area contributed by atoms with E-state index in [-0.39, 0.29) is 5.91 Å². The normalized spacial score (nSPS) is 18.4. The van der Waals surface area contributed by atoms with Crippen LogP contribution in [0.5, 0.6) is 0 Å². The summed E-state index contributed by atoms with van der Waals surface area (Å²) in [5, 5.41) is 10.2. The fraction of sp³-hybridized carbons (Fsp3) is 0.333. The average molecular weight is 304 g/mol. The number of benzene rings is 1. The minimum atomic E-state index is -0.942. The van der Waals surface area contributed by atoms with Gasteiger partial charge in [-0.25, -0.2) is 4.79 Å². The van der Waals surface area contributed by atoms with E-state index in [1.54, 1.807) is 6.07 Å². The summed E-state index contributed by atoms with van der Waals surface area (Å²) < 4.78 is 0. The molecule has 1 aliphatic rings. The Hall–Kier alpha value is -1.95. The van der Waals surface area contributed by atoms with E-state index in [0.717, 1.165) is 22.2 Å².